The number of Topliss-reactive ketones (excluding diaryl/α,β-unsaturated/α-hetero) is 2. The zero-order valence-corrected chi connectivity index (χ0v) is 14.8. The van der Waals surface area contributed by atoms with Crippen LogP contribution in [-0.2, 0) is 30.5 Å². The smallest absolute Gasteiger partial charge is 0.383 e. The van der Waals surface area contributed by atoms with Crippen molar-refractivity contribution in [2.45, 2.75) is 50.7 Å². The molecule has 0 N–H and O–H groups in total. The van der Waals surface area contributed by atoms with E-state index in [0.29, 0.717) is 17.8 Å². The average Bonchev–Trinajstić information content (AvgIpc) is 2.63. The molecule has 4 fully saturated rings. The van der Waals surface area contributed by atoms with Crippen LogP contribution in [0.1, 0.15) is 44.1 Å². The molecule has 138 valence electrons. The molecule has 0 unspecified atom stereocenters. The Morgan fingerprint density at radius 1 is 0.923 bits per heavy atom. The Bertz CT molecular complexity index is 673. The normalized spacial score (nSPS) is 31.6. The van der Waals surface area contributed by atoms with E-state index in [2.05, 4.69) is 0 Å². The summed E-state index contributed by atoms with van der Waals surface area (Å²) in [5.74, 6) is -0.939. The predicted octanol–water partition coefficient (Wildman–Crippen LogP) is 2.85. The number of hydrogen-bond donors (Lipinski definition) is 0. The van der Waals surface area contributed by atoms with Gasteiger partial charge >= 0.3 is 11.8 Å². The van der Waals surface area contributed by atoms with Gasteiger partial charge in [0.2, 0.25) is 5.78 Å². The number of ether oxygens (including phenoxy) is 2. The average molecular weight is 356 g/mol. The third kappa shape index (κ3) is 3.58. The Balaban J connectivity index is 1.28. The maximum Gasteiger partial charge on any atom is 0.383 e. The molecule has 0 aliphatic heterocycles. The van der Waals surface area contributed by atoms with Crippen molar-refractivity contribution in [3.8, 4) is 0 Å². The molecule has 4 aliphatic carbocycles. The highest BCUT2D eigenvalue weighted by Gasteiger charge is 2.52. The van der Waals surface area contributed by atoms with Crippen molar-refractivity contribution in [2.24, 2.45) is 17.8 Å². The molecule has 0 atom stereocenters. The molecular formula is C21H24O5. The molecule has 0 heterocycles. The van der Waals surface area contributed by atoms with Crippen LogP contribution in [0.15, 0.2) is 30.3 Å². The van der Waals surface area contributed by atoms with Crippen LogP contribution in [0.25, 0.3) is 0 Å². The van der Waals surface area contributed by atoms with E-state index in [1.54, 1.807) is 12.1 Å². The van der Waals surface area contributed by atoms with Crippen molar-refractivity contribution in [3.05, 3.63) is 35.9 Å². The fourth-order valence-electron chi connectivity index (χ4n) is 5.39. The fraction of sp³-hybridized carbons (Fsp3) is 0.571. The first-order chi connectivity index (χ1) is 12.5. The van der Waals surface area contributed by atoms with Crippen LogP contribution in [0.2, 0.25) is 0 Å². The molecule has 1 aromatic rings. The lowest BCUT2D eigenvalue weighted by Crippen LogP contribution is -2.52. The molecule has 0 radical (unpaired) electrons. The van der Waals surface area contributed by atoms with Crippen LogP contribution in [-0.4, -0.2) is 29.7 Å². The zero-order valence-electron chi connectivity index (χ0n) is 14.8. The van der Waals surface area contributed by atoms with Crippen LogP contribution in [0.4, 0.5) is 0 Å². The highest BCUT2D eigenvalue weighted by atomic mass is 16.5. The first kappa shape index (κ1) is 17.4. The summed E-state index contributed by atoms with van der Waals surface area (Å²) in [6.45, 7) is -0.333. The zero-order chi connectivity index (χ0) is 18.1. The minimum Gasteiger partial charge on any atom is -0.455 e. The van der Waals surface area contributed by atoms with Crippen LogP contribution in [0.3, 0.4) is 0 Å². The molecule has 4 aliphatic rings. The van der Waals surface area contributed by atoms with Crippen molar-refractivity contribution < 1.29 is 23.9 Å². The molecule has 4 saturated carbocycles. The van der Waals surface area contributed by atoms with Gasteiger partial charge in [-0.15, -0.1) is 0 Å². The summed E-state index contributed by atoms with van der Waals surface area (Å²) in [4.78, 5) is 35.9. The summed E-state index contributed by atoms with van der Waals surface area (Å²) >= 11 is 0. The van der Waals surface area contributed by atoms with Crippen LogP contribution in [0.5, 0.6) is 0 Å². The summed E-state index contributed by atoms with van der Waals surface area (Å²) in [6.07, 6.45) is 6.79. The van der Waals surface area contributed by atoms with Crippen molar-refractivity contribution in [1.29, 1.82) is 0 Å². The summed E-state index contributed by atoms with van der Waals surface area (Å²) < 4.78 is 10.9. The van der Waals surface area contributed by atoms with E-state index < -0.39 is 17.5 Å². The molecule has 5 rings (SSSR count). The molecule has 0 saturated heterocycles. The fourth-order valence-corrected chi connectivity index (χ4v) is 5.39. The topological polar surface area (TPSA) is 69.7 Å². The number of benzene rings is 1. The molecule has 0 amide bonds. The van der Waals surface area contributed by atoms with Crippen LogP contribution in [0, 0.1) is 17.8 Å². The first-order valence-corrected chi connectivity index (χ1v) is 9.45. The van der Waals surface area contributed by atoms with Crippen molar-refractivity contribution in [2.75, 3.05) is 6.61 Å². The van der Waals surface area contributed by atoms with Gasteiger partial charge < -0.3 is 9.47 Å². The van der Waals surface area contributed by atoms with Gasteiger partial charge in [0.25, 0.3) is 0 Å². The Morgan fingerprint density at radius 3 is 2.08 bits per heavy atom. The number of ketones is 2. The van der Waals surface area contributed by atoms with Gasteiger partial charge in [0.15, 0.2) is 0 Å². The predicted molar refractivity (Wildman–Crippen MR) is 93.1 cm³/mol. The van der Waals surface area contributed by atoms with Gasteiger partial charge in [-0.2, -0.15) is 0 Å². The lowest BCUT2D eigenvalue weighted by molar-refractivity contribution is -0.173. The first-order valence-electron chi connectivity index (χ1n) is 9.45. The highest BCUT2D eigenvalue weighted by molar-refractivity contribution is 6.62. The lowest BCUT2D eigenvalue weighted by atomic mass is 9.54. The van der Waals surface area contributed by atoms with Gasteiger partial charge in [-0.25, -0.2) is 4.79 Å². The summed E-state index contributed by atoms with van der Waals surface area (Å²) in [6, 6.07) is 9.05. The quantitative estimate of drug-likeness (QED) is 0.427. The summed E-state index contributed by atoms with van der Waals surface area (Å²) in [5.41, 5.74) is 0.518. The molecule has 5 nitrogen and oxygen atoms in total. The van der Waals surface area contributed by atoms with Gasteiger partial charge in [0, 0.05) is 0 Å². The van der Waals surface area contributed by atoms with Crippen molar-refractivity contribution in [1.82, 2.24) is 0 Å². The number of hydrogen-bond acceptors (Lipinski definition) is 5. The Morgan fingerprint density at radius 2 is 1.50 bits per heavy atom. The molecule has 4 bridgehead atoms. The second-order valence-electron chi connectivity index (χ2n) is 8.20. The Hall–Kier alpha value is -2.01. The van der Waals surface area contributed by atoms with Crippen LogP contribution < -0.4 is 0 Å². The lowest BCUT2D eigenvalue weighted by Gasteiger charge is -2.56. The standard InChI is InChI=1S/C21H24O5/c22-18(19(23)20(24)25-12-14-4-2-1-3-5-14)13-26-21-9-15-6-16(10-21)8-17(7-15)11-21/h1-5,15-17H,6-13H2. The Labute approximate surface area is 153 Å². The van der Waals surface area contributed by atoms with Gasteiger partial charge in [-0.3, -0.25) is 9.59 Å². The summed E-state index contributed by atoms with van der Waals surface area (Å²) in [7, 11) is 0. The van der Waals surface area contributed by atoms with E-state index in [1.165, 1.54) is 19.3 Å². The van der Waals surface area contributed by atoms with Gasteiger partial charge in [0.05, 0.1) is 5.60 Å². The van der Waals surface area contributed by atoms with E-state index in [1.807, 2.05) is 18.2 Å². The Kier molecular flexibility index (Phi) is 4.65. The number of rotatable bonds is 7. The largest absolute Gasteiger partial charge is 0.455 e. The van der Waals surface area contributed by atoms with Crippen molar-refractivity contribution >= 4 is 17.5 Å². The van der Waals surface area contributed by atoms with E-state index in [4.69, 9.17) is 9.47 Å². The number of esters is 1. The van der Waals surface area contributed by atoms with Crippen LogP contribution >= 0.6 is 0 Å². The van der Waals surface area contributed by atoms with E-state index in [9.17, 15) is 14.4 Å². The van der Waals surface area contributed by atoms with Gasteiger partial charge in [-0.1, -0.05) is 30.3 Å². The third-order valence-corrected chi connectivity index (χ3v) is 6.14. The summed E-state index contributed by atoms with van der Waals surface area (Å²) in [5, 5.41) is 0. The third-order valence-electron chi connectivity index (χ3n) is 6.14. The van der Waals surface area contributed by atoms with E-state index in [-0.39, 0.29) is 18.8 Å². The second-order valence-corrected chi connectivity index (χ2v) is 8.20. The van der Waals surface area contributed by atoms with Crippen molar-refractivity contribution in [3.63, 3.8) is 0 Å². The minimum atomic E-state index is -1.12. The molecule has 0 aromatic heterocycles. The maximum absolute atomic E-state index is 12.1. The number of carbonyl (C=O) groups is 3. The second kappa shape index (κ2) is 6.95. The van der Waals surface area contributed by atoms with Gasteiger partial charge in [-0.05, 0) is 61.8 Å². The van der Waals surface area contributed by atoms with E-state index >= 15 is 0 Å². The molecule has 26 heavy (non-hydrogen) atoms. The highest BCUT2D eigenvalue weighted by Crippen LogP contribution is 2.57. The maximum atomic E-state index is 12.1. The van der Waals surface area contributed by atoms with E-state index in [0.717, 1.165) is 24.8 Å². The number of carbonyl (C=O) groups excluding carboxylic acids is 3. The monoisotopic (exact) mass is 356 g/mol. The SMILES string of the molecule is O=C(COC12CC3CC(CC(C3)C1)C2)C(=O)C(=O)OCc1ccccc1. The molecular weight excluding hydrogens is 332 g/mol. The molecule has 5 heteroatoms. The molecule has 0 spiro atoms. The van der Waals surface area contributed by atoms with Gasteiger partial charge in [0.1, 0.15) is 13.2 Å². The molecule has 1 aromatic carbocycles. The minimum absolute atomic E-state index is 0.0193.